The molecule has 0 spiro atoms. The van der Waals surface area contributed by atoms with E-state index in [1.165, 1.54) is 32.6 Å². The van der Waals surface area contributed by atoms with Crippen molar-refractivity contribution in [2.75, 3.05) is 0 Å². The van der Waals surface area contributed by atoms with Crippen molar-refractivity contribution in [3.63, 3.8) is 0 Å². The van der Waals surface area contributed by atoms with Gasteiger partial charge in [-0.1, -0.05) is 36.4 Å². The normalized spacial score (nSPS) is 12.0. The summed E-state index contributed by atoms with van der Waals surface area (Å²) in [6.07, 6.45) is 0. The van der Waals surface area contributed by atoms with Gasteiger partial charge in [0.1, 0.15) is 11.6 Å². The van der Waals surface area contributed by atoms with Crippen LogP contribution in [0.1, 0.15) is 11.6 Å². The Morgan fingerprint density at radius 2 is 1.14 bits per heavy atom. The van der Waals surface area contributed by atoms with Gasteiger partial charge >= 0.3 is 0 Å². The molecule has 6 rings (SSSR count). The number of fused-ring (bicyclic) bond motifs is 7. The molecule has 29 heavy (non-hydrogen) atoms. The van der Waals surface area contributed by atoms with Gasteiger partial charge in [0.25, 0.3) is 0 Å². The van der Waals surface area contributed by atoms with Crippen LogP contribution in [0.4, 0.5) is 0 Å². The zero-order valence-corrected chi connectivity index (χ0v) is 16.5. The van der Waals surface area contributed by atoms with Crippen LogP contribution in [0, 0.1) is 13.8 Å². The average Bonchev–Trinajstić information content (AvgIpc) is 3.20. The first-order valence-electron chi connectivity index (χ1n) is 9.72. The summed E-state index contributed by atoms with van der Waals surface area (Å²) in [6, 6.07) is 21.5. The van der Waals surface area contributed by atoms with Crippen LogP contribution < -0.4 is 0 Å². The molecular weight excluding hydrogens is 358 g/mol. The third-order valence-electron chi connectivity index (χ3n) is 5.76. The second kappa shape index (κ2) is 5.64. The number of para-hydroxylation sites is 2. The van der Waals surface area contributed by atoms with Crippen molar-refractivity contribution in [3.05, 3.63) is 72.3 Å². The van der Waals surface area contributed by atoms with Crippen LogP contribution >= 0.6 is 0 Å². The smallest absolute Gasteiger partial charge is 0.238 e. The minimum atomic E-state index is 0.667. The molecule has 5 heteroatoms. The molecule has 140 valence electrons. The monoisotopic (exact) mass is 377 g/mol. The highest BCUT2D eigenvalue weighted by Crippen LogP contribution is 2.40. The summed E-state index contributed by atoms with van der Waals surface area (Å²) in [5.74, 6) is 2.12. The van der Waals surface area contributed by atoms with Gasteiger partial charge in [-0.25, -0.2) is 4.98 Å². The van der Waals surface area contributed by atoms with E-state index in [0.717, 1.165) is 22.7 Å². The minimum Gasteiger partial charge on any atom is -0.344 e. The van der Waals surface area contributed by atoms with Crippen molar-refractivity contribution in [2.24, 2.45) is 7.05 Å². The maximum absolute atomic E-state index is 4.66. The highest BCUT2D eigenvalue weighted by atomic mass is 15.2. The van der Waals surface area contributed by atoms with E-state index in [2.05, 4.69) is 91.8 Å². The Bertz CT molecular complexity index is 1570. The summed E-state index contributed by atoms with van der Waals surface area (Å²) >= 11 is 0. The molecule has 0 aliphatic heterocycles. The predicted octanol–water partition coefficient (Wildman–Crippen LogP) is 5.23. The first-order valence-corrected chi connectivity index (χ1v) is 9.72. The van der Waals surface area contributed by atoms with Crippen LogP contribution in [-0.4, -0.2) is 24.1 Å². The lowest BCUT2D eigenvalue weighted by Gasteiger charge is -2.07. The third-order valence-corrected chi connectivity index (χ3v) is 5.76. The van der Waals surface area contributed by atoms with E-state index >= 15 is 0 Å². The van der Waals surface area contributed by atoms with Crippen molar-refractivity contribution < 1.29 is 0 Å². The Morgan fingerprint density at radius 3 is 1.86 bits per heavy atom. The van der Waals surface area contributed by atoms with Crippen molar-refractivity contribution in [3.8, 4) is 5.95 Å². The summed E-state index contributed by atoms with van der Waals surface area (Å²) in [5, 5.41) is 4.99. The Morgan fingerprint density at radius 1 is 0.586 bits per heavy atom. The molecule has 0 fully saturated rings. The van der Waals surface area contributed by atoms with Crippen LogP contribution in [0.5, 0.6) is 0 Å². The lowest BCUT2D eigenvalue weighted by atomic mass is 10.1. The van der Waals surface area contributed by atoms with Gasteiger partial charge in [0, 0.05) is 39.6 Å². The molecule has 6 aromatic rings. The summed E-state index contributed by atoms with van der Waals surface area (Å²) in [5.41, 5.74) is 4.68. The molecule has 0 saturated heterocycles. The van der Waals surface area contributed by atoms with E-state index in [-0.39, 0.29) is 0 Å². The molecule has 3 aromatic heterocycles. The molecule has 3 aromatic carbocycles. The fraction of sp³-hybridized carbons (Fsp3) is 0.125. The quantitative estimate of drug-likeness (QED) is 0.394. The number of hydrogen-bond acceptors (Lipinski definition) is 3. The van der Waals surface area contributed by atoms with Gasteiger partial charge in [-0.2, -0.15) is 9.97 Å². The van der Waals surface area contributed by atoms with Gasteiger partial charge in [0.15, 0.2) is 0 Å². The Balaban J connectivity index is 1.90. The van der Waals surface area contributed by atoms with Crippen LogP contribution in [-0.2, 0) is 7.05 Å². The molecular formula is C24H19N5. The largest absolute Gasteiger partial charge is 0.344 e. The highest BCUT2D eigenvalue weighted by Gasteiger charge is 2.19. The lowest BCUT2D eigenvalue weighted by Crippen LogP contribution is -2.05. The molecule has 0 bridgehead atoms. The van der Waals surface area contributed by atoms with Crippen molar-refractivity contribution in [2.45, 2.75) is 13.8 Å². The van der Waals surface area contributed by atoms with Crippen molar-refractivity contribution in [1.29, 1.82) is 0 Å². The van der Waals surface area contributed by atoms with Crippen molar-refractivity contribution in [1.82, 2.24) is 24.1 Å². The zero-order valence-electron chi connectivity index (χ0n) is 16.5. The number of aryl methyl sites for hydroxylation is 3. The van der Waals surface area contributed by atoms with Gasteiger partial charge in [-0.15, -0.1) is 0 Å². The topological polar surface area (TPSA) is 48.5 Å². The van der Waals surface area contributed by atoms with E-state index in [9.17, 15) is 0 Å². The fourth-order valence-electron chi connectivity index (χ4n) is 4.62. The summed E-state index contributed by atoms with van der Waals surface area (Å²) in [4.78, 5) is 13.7. The van der Waals surface area contributed by atoms with Crippen molar-refractivity contribution >= 4 is 43.6 Å². The molecule has 0 aliphatic rings. The molecule has 0 atom stereocenters. The Labute approximate surface area is 167 Å². The van der Waals surface area contributed by atoms with Crippen LogP contribution in [0.2, 0.25) is 0 Å². The Kier molecular flexibility index (Phi) is 3.16. The number of hydrogen-bond donors (Lipinski definition) is 0. The number of nitrogens with zero attached hydrogens (tertiary/aromatic N) is 5. The highest BCUT2D eigenvalue weighted by molar-refractivity contribution is 6.28. The lowest BCUT2D eigenvalue weighted by molar-refractivity contribution is 0.864. The third kappa shape index (κ3) is 2.12. The predicted molar refractivity (Wildman–Crippen MR) is 118 cm³/mol. The Hall–Kier alpha value is -3.73. The number of aromatic nitrogens is 5. The van der Waals surface area contributed by atoms with Gasteiger partial charge in [0.2, 0.25) is 5.95 Å². The standard InChI is InChI=1S/C24H19N5/c1-14-25-15(2)27-24(26-14)29-19-11-7-5-9-17(19)23-21(29)13-12-20-22(23)16-8-4-6-10-18(16)28(20)3/h4-13H,1-3H3. The second-order valence-electron chi connectivity index (χ2n) is 7.51. The van der Waals surface area contributed by atoms with E-state index in [1.54, 1.807) is 0 Å². The molecule has 3 heterocycles. The minimum absolute atomic E-state index is 0.667. The van der Waals surface area contributed by atoms with E-state index in [4.69, 9.17) is 0 Å². The second-order valence-corrected chi connectivity index (χ2v) is 7.51. The van der Waals surface area contributed by atoms with Crippen LogP contribution in [0.15, 0.2) is 60.7 Å². The van der Waals surface area contributed by atoms with Gasteiger partial charge in [-0.3, -0.25) is 4.57 Å². The fourth-order valence-corrected chi connectivity index (χ4v) is 4.62. The molecule has 0 saturated carbocycles. The van der Waals surface area contributed by atoms with Crippen LogP contribution in [0.25, 0.3) is 49.6 Å². The SMILES string of the molecule is Cc1nc(C)nc(-n2c3ccccc3c3c4c5ccccc5n(C)c4ccc32)n1. The molecule has 0 unspecified atom stereocenters. The first kappa shape index (κ1) is 16.2. The van der Waals surface area contributed by atoms with E-state index in [0.29, 0.717) is 5.95 Å². The van der Waals surface area contributed by atoms with E-state index < -0.39 is 0 Å². The molecule has 0 amide bonds. The zero-order chi connectivity index (χ0) is 19.7. The van der Waals surface area contributed by atoms with Gasteiger partial charge in [0.05, 0.1) is 11.0 Å². The first-order chi connectivity index (χ1) is 14.1. The maximum atomic E-state index is 4.66. The molecule has 0 N–H and O–H groups in total. The molecule has 5 nitrogen and oxygen atoms in total. The van der Waals surface area contributed by atoms with Gasteiger partial charge < -0.3 is 4.57 Å². The number of rotatable bonds is 1. The van der Waals surface area contributed by atoms with Gasteiger partial charge in [-0.05, 0) is 38.1 Å². The maximum Gasteiger partial charge on any atom is 0.238 e. The summed E-state index contributed by atoms with van der Waals surface area (Å²) < 4.78 is 4.43. The number of benzene rings is 3. The summed E-state index contributed by atoms with van der Waals surface area (Å²) in [6.45, 7) is 3.82. The molecule has 0 radical (unpaired) electrons. The average molecular weight is 377 g/mol. The summed E-state index contributed by atoms with van der Waals surface area (Å²) in [7, 11) is 2.13. The van der Waals surface area contributed by atoms with Crippen LogP contribution in [0.3, 0.4) is 0 Å². The van der Waals surface area contributed by atoms with E-state index in [1.807, 2.05) is 13.8 Å². The molecule has 0 aliphatic carbocycles.